The number of halogens is 1. The summed E-state index contributed by atoms with van der Waals surface area (Å²) < 4.78 is 0. The van der Waals surface area contributed by atoms with Crippen LogP contribution in [0.4, 0.5) is 5.82 Å². The number of amides is 2. The third-order valence-electron chi connectivity index (χ3n) is 1.74. The summed E-state index contributed by atoms with van der Waals surface area (Å²) in [6.07, 6.45) is 1.60. The van der Waals surface area contributed by atoms with E-state index in [0.717, 1.165) is 5.56 Å². The molecule has 2 amide bonds. The van der Waals surface area contributed by atoms with E-state index in [9.17, 15) is 9.59 Å². The van der Waals surface area contributed by atoms with Crippen molar-refractivity contribution in [3.8, 4) is 0 Å². The van der Waals surface area contributed by atoms with Crippen LogP contribution < -0.4 is 10.6 Å². The van der Waals surface area contributed by atoms with Crippen LogP contribution in [0.1, 0.15) is 5.56 Å². The SMILES string of the molecule is Cc1ccc(NC(=O)C(=O)NCCCl)nc1. The summed E-state index contributed by atoms with van der Waals surface area (Å²) in [5.74, 6) is -0.858. The summed E-state index contributed by atoms with van der Waals surface area (Å²) in [4.78, 5) is 26.4. The molecule has 1 aromatic rings. The highest BCUT2D eigenvalue weighted by atomic mass is 35.5. The molecule has 0 aliphatic rings. The Bertz CT molecular complexity index is 378. The van der Waals surface area contributed by atoms with Gasteiger partial charge in [-0.3, -0.25) is 9.59 Å². The van der Waals surface area contributed by atoms with Gasteiger partial charge in [0.25, 0.3) is 0 Å². The molecular formula is C10H12ClN3O2. The highest BCUT2D eigenvalue weighted by molar-refractivity contribution is 6.39. The van der Waals surface area contributed by atoms with Gasteiger partial charge >= 0.3 is 11.8 Å². The first-order chi connectivity index (χ1) is 7.63. The van der Waals surface area contributed by atoms with E-state index in [1.807, 2.05) is 6.92 Å². The van der Waals surface area contributed by atoms with E-state index in [1.165, 1.54) is 0 Å². The Morgan fingerprint density at radius 1 is 1.38 bits per heavy atom. The van der Waals surface area contributed by atoms with Crippen molar-refractivity contribution in [3.05, 3.63) is 23.9 Å². The summed E-state index contributed by atoms with van der Waals surface area (Å²) in [6, 6.07) is 3.42. The molecule has 0 radical (unpaired) electrons. The van der Waals surface area contributed by atoms with Gasteiger partial charge in [0, 0.05) is 18.6 Å². The monoisotopic (exact) mass is 241 g/mol. The molecule has 0 saturated heterocycles. The van der Waals surface area contributed by atoms with Crippen molar-refractivity contribution in [2.75, 3.05) is 17.7 Å². The van der Waals surface area contributed by atoms with Crippen molar-refractivity contribution in [3.63, 3.8) is 0 Å². The lowest BCUT2D eigenvalue weighted by Gasteiger charge is -2.04. The normalized spacial score (nSPS) is 9.62. The van der Waals surface area contributed by atoms with Crippen LogP contribution in [0.15, 0.2) is 18.3 Å². The minimum absolute atomic E-state index is 0.259. The van der Waals surface area contributed by atoms with E-state index in [1.54, 1.807) is 18.3 Å². The van der Waals surface area contributed by atoms with Crippen molar-refractivity contribution in [2.24, 2.45) is 0 Å². The maximum Gasteiger partial charge on any atom is 0.314 e. The average molecular weight is 242 g/mol. The first-order valence-corrected chi connectivity index (χ1v) is 5.24. The molecule has 0 unspecified atom stereocenters. The summed E-state index contributed by atoms with van der Waals surface area (Å²) in [5, 5.41) is 4.73. The number of carbonyl (C=O) groups excluding carboxylic acids is 2. The molecule has 0 atom stereocenters. The van der Waals surface area contributed by atoms with E-state index < -0.39 is 11.8 Å². The molecule has 1 heterocycles. The van der Waals surface area contributed by atoms with Crippen LogP contribution in [-0.4, -0.2) is 29.2 Å². The second-order valence-corrected chi connectivity index (χ2v) is 3.50. The molecule has 16 heavy (non-hydrogen) atoms. The van der Waals surface area contributed by atoms with Crippen LogP contribution in [0.25, 0.3) is 0 Å². The molecule has 1 rings (SSSR count). The Labute approximate surface area is 98.2 Å². The van der Waals surface area contributed by atoms with E-state index >= 15 is 0 Å². The van der Waals surface area contributed by atoms with Crippen LogP contribution >= 0.6 is 11.6 Å². The van der Waals surface area contributed by atoms with Crippen LogP contribution in [0, 0.1) is 6.92 Å². The predicted octanol–water partition coefficient (Wildman–Crippen LogP) is 0.684. The van der Waals surface area contributed by atoms with E-state index in [0.29, 0.717) is 5.82 Å². The zero-order valence-corrected chi connectivity index (χ0v) is 9.54. The molecule has 0 saturated carbocycles. The third-order valence-corrected chi connectivity index (χ3v) is 1.93. The Balaban J connectivity index is 2.51. The van der Waals surface area contributed by atoms with Gasteiger partial charge in [0.05, 0.1) is 0 Å². The summed E-state index contributed by atoms with van der Waals surface area (Å²) in [7, 11) is 0. The Kier molecular flexibility index (Phi) is 4.72. The van der Waals surface area contributed by atoms with Crippen LogP contribution in [0.3, 0.4) is 0 Å². The number of aryl methyl sites for hydroxylation is 1. The second kappa shape index (κ2) is 6.07. The molecule has 5 nitrogen and oxygen atoms in total. The number of nitrogens with one attached hydrogen (secondary N) is 2. The fraction of sp³-hybridized carbons (Fsp3) is 0.300. The van der Waals surface area contributed by atoms with Crippen molar-refractivity contribution in [1.82, 2.24) is 10.3 Å². The number of hydrogen-bond acceptors (Lipinski definition) is 3. The number of nitrogens with zero attached hydrogens (tertiary/aromatic N) is 1. The van der Waals surface area contributed by atoms with E-state index in [4.69, 9.17) is 11.6 Å². The molecule has 0 fully saturated rings. The number of pyridine rings is 1. The quantitative estimate of drug-likeness (QED) is 0.604. The maximum absolute atomic E-state index is 11.3. The van der Waals surface area contributed by atoms with Crippen LogP contribution in [0.2, 0.25) is 0 Å². The van der Waals surface area contributed by atoms with Crippen LogP contribution in [0.5, 0.6) is 0 Å². The molecule has 0 bridgehead atoms. The summed E-state index contributed by atoms with van der Waals surface area (Å²) in [5.41, 5.74) is 0.976. The molecule has 0 spiro atoms. The molecule has 6 heteroatoms. The number of hydrogen-bond donors (Lipinski definition) is 2. The van der Waals surface area contributed by atoms with E-state index in [2.05, 4.69) is 15.6 Å². The molecular weight excluding hydrogens is 230 g/mol. The van der Waals surface area contributed by atoms with Gasteiger partial charge in [-0.2, -0.15) is 0 Å². The fourth-order valence-electron chi connectivity index (χ4n) is 0.956. The zero-order chi connectivity index (χ0) is 12.0. The Hall–Kier alpha value is -1.62. The van der Waals surface area contributed by atoms with Gasteiger partial charge in [0.2, 0.25) is 0 Å². The lowest BCUT2D eigenvalue weighted by Crippen LogP contribution is -2.36. The largest absolute Gasteiger partial charge is 0.347 e. The third kappa shape index (κ3) is 3.86. The minimum Gasteiger partial charge on any atom is -0.347 e. The zero-order valence-electron chi connectivity index (χ0n) is 8.79. The molecule has 0 aromatic carbocycles. The molecule has 2 N–H and O–H groups in total. The van der Waals surface area contributed by atoms with Gasteiger partial charge in [-0.15, -0.1) is 11.6 Å². The maximum atomic E-state index is 11.3. The van der Waals surface area contributed by atoms with Crippen LogP contribution in [-0.2, 0) is 9.59 Å². The van der Waals surface area contributed by atoms with Crippen molar-refractivity contribution < 1.29 is 9.59 Å². The van der Waals surface area contributed by atoms with Gasteiger partial charge in [-0.25, -0.2) is 4.98 Å². The standard InChI is InChI=1S/C10H12ClN3O2/c1-7-2-3-8(13-6-7)14-10(16)9(15)12-5-4-11/h2-3,6H,4-5H2,1H3,(H,12,15)(H,13,14,16). The fourth-order valence-corrected chi connectivity index (χ4v) is 1.05. The smallest absolute Gasteiger partial charge is 0.314 e. The first-order valence-electron chi connectivity index (χ1n) is 4.71. The molecule has 0 aliphatic carbocycles. The highest BCUT2D eigenvalue weighted by Gasteiger charge is 2.12. The first kappa shape index (κ1) is 12.4. The number of rotatable bonds is 3. The molecule has 86 valence electrons. The lowest BCUT2D eigenvalue weighted by atomic mass is 10.3. The van der Waals surface area contributed by atoms with Gasteiger partial charge in [0.15, 0.2) is 0 Å². The number of alkyl halides is 1. The van der Waals surface area contributed by atoms with Crippen molar-refractivity contribution in [2.45, 2.75) is 6.92 Å². The number of aromatic nitrogens is 1. The minimum atomic E-state index is -0.749. The van der Waals surface area contributed by atoms with Gasteiger partial charge < -0.3 is 10.6 Å². The van der Waals surface area contributed by atoms with Gasteiger partial charge in [-0.1, -0.05) is 6.07 Å². The molecule has 1 aromatic heterocycles. The second-order valence-electron chi connectivity index (χ2n) is 3.12. The Morgan fingerprint density at radius 3 is 2.69 bits per heavy atom. The predicted molar refractivity (Wildman–Crippen MR) is 61.3 cm³/mol. The van der Waals surface area contributed by atoms with Gasteiger partial charge in [-0.05, 0) is 18.6 Å². The molecule has 0 aliphatic heterocycles. The van der Waals surface area contributed by atoms with E-state index in [-0.39, 0.29) is 12.4 Å². The van der Waals surface area contributed by atoms with Crippen molar-refractivity contribution in [1.29, 1.82) is 0 Å². The highest BCUT2D eigenvalue weighted by Crippen LogP contribution is 2.03. The number of carbonyl (C=O) groups is 2. The van der Waals surface area contributed by atoms with Gasteiger partial charge in [0.1, 0.15) is 5.82 Å². The number of anilines is 1. The van der Waals surface area contributed by atoms with Crippen molar-refractivity contribution >= 4 is 29.2 Å². The summed E-state index contributed by atoms with van der Waals surface area (Å²) in [6.45, 7) is 2.14. The summed E-state index contributed by atoms with van der Waals surface area (Å²) >= 11 is 5.37. The average Bonchev–Trinajstić information content (AvgIpc) is 2.29. The lowest BCUT2D eigenvalue weighted by molar-refractivity contribution is -0.136. The topological polar surface area (TPSA) is 71.1 Å². The Morgan fingerprint density at radius 2 is 2.12 bits per heavy atom.